The topological polar surface area (TPSA) is 101 Å². The van der Waals surface area contributed by atoms with Gasteiger partial charge in [0.2, 0.25) is 5.91 Å². The summed E-state index contributed by atoms with van der Waals surface area (Å²) in [5.74, 6) is -0.340. The SMILES string of the molecule is Cn1ccc2c(=O)n(CC3(O)CCN(C(=O)[C@@H]4CCN(C(=O)c5cccc(C(C)(C)C)c5)C[C@H]4c4ccccc4)CC3)cnc21. The molecular formula is C36H43N5O4. The van der Waals surface area contributed by atoms with Crippen molar-refractivity contribution in [3.8, 4) is 0 Å². The van der Waals surface area contributed by atoms with Crippen LogP contribution in [0, 0.1) is 5.92 Å². The highest BCUT2D eigenvalue weighted by Crippen LogP contribution is 2.36. The summed E-state index contributed by atoms with van der Waals surface area (Å²) in [6.07, 6.45) is 4.61. The van der Waals surface area contributed by atoms with Crippen LogP contribution in [0.5, 0.6) is 0 Å². The number of aromatic nitrogens is 3. The number of hydrogen-bond donors (Lipinski definition) is 1. The summed E-state index contributed by atoms with van der Waals surface area (Å²) >= 11 is 0. The first kappa shape index (κ1) is 30.8. The molecule has 4 heterocycles. The molecule has 0 radical (unpaired) electrons. The fourth-order valence-corrected chi connectivity index (χ4v) is 6.92. The molecule has 4 aromatic rings. The van der Waals surface area contributed by atoms with Gasteiger partial charge in [0, 0.05) is 56.8 Å². The number of carbonyl (C=O) groups is 2. The number of carbonyl (C=O) groups excluding carboxylic acids is 2. The Hall–Kier alpha value is -4.24. The molecule has 2 aliphatic rings. The second-order valence-corrected chi connectivity index (χ2v) is 13.9. The second kappa shape index (κ2) is 11.9. The molecule has 0 unspecified atom stereocenters. The predicted molar refractivity (Wildman–Crippen MR) is 174 cm³/mol. The van der Waals surface area contributed by atoms with E-state index >= 15 is 0 Å². The monoisotopic (exact) mass is 609 g/mol. The summed E-state index contributed by atoms with van der Waals surface area (Å²) in [5.41, 5.74) is 2.10. The lowest BCUT2D eigenvalue weighted by atomic mass is 9.79. The van der Waals surface area contributed by atoms with Crippen molar-refractivity contribution in [1.82, 2.24) is 23.9 Å². The molecule has 2 aromatic carbocycles. The Kier molecular flexibility index (Phi) is 8.16. The van der Waals surface area contributed by atoms with Crippen LogP contribution in [0.4, 0.5) is 0 Å². The largest absolute Gasteiger partial charge is 0.388 e. The first-order valence-electron chi connectivity index (χ1n) is 15.9. The van der Waals surface area contributed by atoms with Gasteiger partial charge in [-0.05, 0) is 54.0 Å². The van der Waals surface area contributed by atoms with Crippen LogP contribution in [0.2, 0.25) is 0 Å². The number of nitrogens with zero attached hydrogens (tertiary/aromatic N) is 5. The normalized spacial score (nSPS) is 20.4. The van der Waals surface area contributed by atoms with Crippen LogP contribution in [0.1, 0.15) is 67.4 Å². The Bertz CT molecular complexity index is 1760. The number of aryl methyl sites for hydroxylation is 1. The van der Waals surface area contributed by atoms with Gasteiger partial charge in [-0.15, -0.1) is 0 Å². The van der Waals surface area contributed by atoms with Gasteiger partial charge in [-0.2, -0.15) is 0 Å². The van der Waals surface area contributed by atoms with Crippen LogP contribution < -0.4 is 5.56 Å². The van der Waals surface area contributed by atoms with Crippen molar-refractivity contribution in [2.24, 2.45) is 13.0 Å². The van der Waals surface area contributed by atoms with Crippen molar-refractivity contribution >= 4 is 22.8 Å². The number of rotatable bonds is 5. The van der Waals surface area contributed by atoms with Gasteiger partial charge in [0.25, 0.3) is 11.5 Å². The summed E-state index contributed by atoms with van der Waals surface area (Å²) in [5, 5.41) is 12.0. The van der Waals surface area contributed by atoms with Crippen molar-refractivity contribution in [3.63, 3.8) is 0 Å². The van der Waals surface area contributed by atoms with Gasteiger partial charge in [-0.1, -0.05) is 63.2 Å². The number of aliphatic hydroxyl groups is 1. The van der Waals surface area contributed by atoms with Gasteiger partial charge in [0.1, 0.15) is 12.0 Å². The maximum absolute atomic E-state index is 14.1. The lowest BCUT2D eigenvalue weighted by Crippen LogP contribution is -2.53. The minimum Gasteiger partial charge on any atom is -0.388 e. The number of benzene rings is 2. The highest BCUT2D eigenvalue weighted by Gasteiger charge is 2.41. The molecule has 236 valence electrons. The average Bonchev–Trinajstić information content (AvgIpc) is 3.42. The molecule has 2 aliphatic heterocycles. The van der Waals surface area contributed by atoms with E-state index in [0.717, 1.165) is 11.1 Å². The van der Waals surface area contributed by atoms with Gasteiger partial charge in [0.15, 0.2) is 0 Å². The first-order chi connectivity index (χ1) is 21.4. The average molecular weight is 610 g/mol. The van der Waals surface area contributed by atoms with Crippen molar-refractivity contribution in [2.75, 3.05) is 26.2 Å². The number of fused-ring (bicyclic) bond motifs is 1. The van der Waals surface area contributed by atoms with E-state index in [1.54, 1.807) is 16.8 Å². The van der Waals surface area contributed by atoms with Gasteiger partial charge < -0.3 is 19.5 Å². The number of amides is 2. The van der Waals surface area contributed by atoms with Crippen LogP contribution in [0.25, 0.3) is 11.0 Å². The minimum atomic E-state index is -1.11. The fourth-order valence-electron chi connectivity index (χ4n) is 6.92. The Balaban J connectivity index is 1.16. The molecule has 0 saturated carbocycles. The highest BCUT2D eigenvalue weighted by molar-refractivity contribution is 5.95. The Morgan fingerprint density at radius 2 is 1.71 bits per heavy atom. The minimum absolute atomic E-state index is 0.00519. The Morgan fingerprint density at radius 1 is 0.978 bits per heavy atom. The van der Waals surface area contributed by atoms with Crippen molar-refractivity contribution < 1.29 is 14.7 Å². The Morgan fingerprint density at radius 3 is 2.42 bits per heavy atom. The molecule has 9 heteroatoms. The lowest BCUT2D eigenvalue weighted by Gasteiger charge is -2.43. The van der Waals surface area contributed by atoms with E-state index in [2.05, 4.69) is 31.8 Å². The van der Waals surface area contributed by atoms with Crippen LogP contribution in [-0.4, -0.2) is 72.6 Å². The smallest absolute Gasteiger partial charge is 0.262 e. The maximum Gasteiger partial charge on any atom is 0.262 e. The number of hydrogen-bond acceptors (Lipinski definition) is 5. The van der Waals surface area contributed by atoms with Gasteiger partial charge in [-0.3, -0.25) is 19.0 Å². The molecule has 6 rings (SSSR count). The van der Waals surface area contributed by atoms with Crippen molar-refractivity contribution in [3.05, 3.63) is 100 Å². The molecule has 1 N–H and O–H groups in total. The van der Waals surface area contributed by atoms with E-state index in [1.807, 2.05) is 65.4 Å². The zero-order chi connectivity index (χ0) is 31.9. The molecule has 2 atom stereocenters. The van der Waals surface area contributed by atoms with E-state index in [1.165, 1.54) is 10.9 Å². The van der Waals surface area contributed by atoms with Gasteiger partial charge in [0.05, 0.1) is 17.5 Å². The fraction of sp³-hybridized carbons (Fsp3) is 0.444. The summed E-state index contributed by atoms with van der Waals surface area (Å²) in [6, 6.07) is 19.6. The molecular weight excluding hydrogens is 566 g/mol. The van der Waals surface area contributed by atoms with Crippen molar-refractivity contribution in [1.29, 1.82) is 0 Å². The summed E-state index contributed by atoms with van der Waals surface area (Å²) < 4.78 is 3.28. The van der Waals surface area contributed by atoms with Crippen LogP contribution in [0.3, 0.4) is 0 Å². The predicted octanol–water partition coefficient (Wildman–Crippen LogP) is 4.33. The van der Waals surface area contributed by atoms with Crippen LogP contribution >= 0.6 is 0 Å². The van der Waals surface area contributed by atoms with E-state index in [4.69, 9.17) is 0 Å². The third kappa shape index (κ3) is 6.18. The molecule has 45 heavy (non-hydrogen) atoms. The number of piperidine rings is 2. The van der Waals surface area contributed by atoms with E-state index in [9.17, 15) is 19.5 Å². The van der Waals surface area contributed by atoms with E-state index in [0.29, 0.717) is 62.0 Å². The lowest BCUT2D eigenvalue weighted by molar-refractivity contribution is -0.142. The highest BCUT2D eigenvalue weighted by atomic mass is 16.3. The van der Waals surface area contributed by atoms with Crippen LogP contribution in [0.15, 0.2) is 78.0 Å². The molecule has 0 bridgehead atoms. The molecule has 2 aromatic heterocycles. The van der Waals surface area contributed by atoms with E-state index < -0.39 is 5.60 Å². The third-order valence-corrected chi connectivity index (χ3v) is 9.74. The van der Waals surface area contributed by atoms with Crippen molar-refractivity contribution in [2.45, 2.75) is 63.5 Å². The maximum atomic E-state index is 14.1. The molecule has 2 saturated heterocycles. The Labute approximate surface area is 264 Å². The van der Waals surface area contributed by atoms with Crippen LogP contribution in [-0.2, 0) is 23.8 Å². The molecule has 2 amide bonds. The van der Waals surface area contributed by atoms with Gasteiger partial charge in [-0.25, -0.2) is 4.98 Å². The third-order valence-electron chi connectivity index (χ3n) is 9.74. The first-order valence-corrected chi connectivity index (χ1v) is 15.9. The quantitative estimate of drug-likeness (QED) is 0.363. The molecule has 9 nitrogen and oxygen atoms in total. The molecule has 0 spiro atoms. The summed E-state index contributed by atoms with van der Waals surface area (Å²) in [6.45, 7) is 8.35. The number of likely N-dealkylation sites (tertiary alicyclic amines) is 2. The molecule has 0 aliphatic carbocycles. The van der Waals surface area contributed by atoms with E-state index in [-0.39, 0.29) is 41.2 Å². The molecule has 2 fully saturated rings. The standard InChI is InChI=1S/C36H43N5O4/c1-35(2,3)27-12-8-11-26(21-27)32(42)40-18-14-28(30(22-40)25-9-6-5-7-10-25)33(43)39-19-15-36(45,16-20-39)23-41-24-37-31-29(34(41)44)13-17-38(31)4/h5-13,17,21,24,28,30,45H,14-16,18-20,22-23H2,1-4H3/t28-,30+/m1/s1. The zero-order valence-corrected chi connectivity index (χ0v) is 26.6. The summed E-state index contributed by atoms with van der Waals surface area (Å²) in [7, 11) is 1.84. The second-order valence-electron chi connectivity index (χ2n) is 13.9. The zero-order valence-electron chi connectivity index (χ0n) is 26.6. The van der Waals surface area contributed by atoms with Gasteiger partial charge >= 0.3 is 0 Å². The summed E-state index contributed by atoms with van der Waals surface area (Å²) in [4.78, 5) is 49.0.